The summed E-state index contributed by atoms with van der Waals surface area (Å²) in [6.45, 7) is 1.37. The summed E-state index contributed by atoms with van der Waals surface area (Å²) in [5.41, 5.74) is 0.0884. The summed E-state index contributed by atoms with van der Waals surface area (Å²) in [5, 5.41) is 9.08. The van der Waals surface area contributed by atoms with E-state index in [1.807, 2.05) is 0 Å². The van der Waals surface area contributed by atoms with Crippen LogP contribution in [0.15, 0.2) is 24.3 Å². The minimum Gasteiger partial charge on any atom is -0.379 e. The second-order valence-electron chi connectivity index (χ2n) is 4.57. The summed E-state index contributed by atoms with van der Waals surface area (Å²) in [6.07, 6.45) is -5.29. The highest BCUT2D eigenvalue weighted by molar-refractivity contribution is 5.94. The van der Waals surface area contributed by atoms with Crippen LogP contribution in [-0.4, -0.2) is 35.2 Å². The molecule has 1 aliphatic heterocycles. The monoisotopic (exact) mass is 273 g/mol. The average molecular weight is 273 g/mol. The van der Waals surface area contributed by atoms with Gasteiger partial charge in [-0.1, -0.05) is 12.1 Å². The third-order valence-electron chi connectivity index (χ3n) is 3.18. The number of rotatable bonds is 2. The number of hydrogen-bond donors (Lipinski definition) is 1. The van der Waals surface area contributed by atoms with Crippen molar-refractivity contribution in [3.8, 4) is 0 Å². The lowest BCUT2D eigenvalue weighted by molar-refractivity contribution is -0.206. The van der Waals surface area contributed by atoms with Crippen LogP contribution in [0.3, 0.4) is 0 Å². The number of carbonyl (C=O) groups excluding carboxylic acids is 1. The maximum Gasteiger partial charge on any atom is 0.418 e. The van der Waals surface area contributed by atoms with Crippen molar-refractivity contribution in [1.29, 1.82) is 0 Å². The number of alkyl halides is 3. The molecule has 1 fully saturated rings. The first kappa shape index (κ1) is 13.9. The zero-order chi connectivity index (χ0) is 14.0. The number of benzene rings is 1. The van der Waals surface area contributed by atoms with Crippen LogP contribution < -0.4 is 0 Å². The SMILES string of the molecule is O=C(c1ccc(C(O)C(F)(F)F)cc1)N1CCCC1. The van der Waals surface area contributed by atoms with Gasteiger partial charge in [-0.05, 0) is 30.5 Å². The van der Waals surface area contributed by atoms with Gasteiger partial charge in [0.1, 0.15) is 0 Å². The van der Waals surface area contributed by atoms with Gasteiger partial charge in [0.2, 0.25) is 0 Å². The molecule has 0 spiro atoms. The van der Waals surface area contributed by atoms with E-state index in [0.29, 0.717) is 18.7 Å². The van der Waals surface area contributed by atoms with Gasteiger partial charge in [0.05, 0.1) is 0 Å². The molecule has 2 rings (SSSR count). The minimum atomic E-state index is -4.69. The largest absolute Gasteiger partial charge is 0.418 e. The van der Waals surface area contributed by atoms with Crippen molar-refractivity contribution in [2.24, 2.45) is 0 Å². The normalized spacial score (nSPS) is 17.6. The molecule has 1 aromatic rings. The molecule has 0 saturated carbocycles. The fraction of sp³-hybridized carbons (Fsp3) is 0.462. The first-order valence-corrected chi connectivity index (χ1v) is 6.03. The Bertz CT molecular complexity index is 450. The molecule has 1 saturated heterocycles. The molecule has 0 aliphatic carbocycles. The van der Waals surface area contributed by atoms with Crippen LogP contribution in [0.4, 0.5) is 13.2 Å². The van der Waals surface area contributed by atoms with Crippen molar-refractivity contribution >= 4 is 5.91 Å². The van der Waals surface area contributed by atoms with Crippen molar-refractivity contribution in [3.05, 3.63) is 35.4 Å². The Balaban J connectivity index is 2.12. The Morgan fingerprint density at radius 1 is 1.16 bits per heavy atom. The number of aliphatic hydroxyl groups excluding tert-OH is 1. The van der Waals surface area contributed by atoms with Crippen LogP contribution >= 0.6 is 0 Å². The van der Waals surface area contributed by atoms with Crippen molar-refractivity contribution in [1.82, 2.24) is 4.90 Å². The number of amides is 1. The van der Waals surface area contributed by atoms with Crippen LogP contribution in [0.1, 0.15) is 34.9 Å². The molecule has 0 bridgehead atoms. The van der Waals surface area contributed by atoms with Crippen molar-refractivity contribution in [2.75, 3.05) is 13.1 Å². The zero-order valence-electron chi connectivity index (χ0n) is 10.2. The van der Waals surface area contributed by atoms with E-state index in [2.05, 4.69) is 0 Å². The summed E-state index contributed by atoms with van der Waals surface area (Å²) >= 11 is 0. The van der Waals surface area contributed by atoms with Crippen LogP contribution in [0.25, 0.3) is 0 Å². The Morgan fingerprint density at radius 3 is 2.16 bits per heavy atom. The van der Waals surface area contributed by atoms with E-state index in [9.17, 15) is 18.0 Å². The fourth-order valence-electron chi connectivity index (χ4n) is 2.10. The lowest BCUT2D eigenvalue weighted by Gasteiger charge is -2.17. The molecular weight excluding hydrogens is 259 g/mol. The van der Waals surface area contributed by atoms with E-state index in [1.54, 1.807) is 4.90 Å². The number of carbonyl (C=O) groups is 1. The maximum atomic E-state index is 12.3. The van der Waals surface area contributed by atoms with Crippen LogP contribution in [0.2, 0.25) is 0 Å². The number of nitrogens with zero attached hydrogens (tertiary/aromatic N) is 1. The van der Waals surface area contributed by atoms with Gasteiger partial charge < -0.3 is 10.0 Å². The summed E-state index contributed by atoms with van der Waals surface area (Å²) in [4.78, 5) is 13.6. The number of aliphatic hydroxyl groups is 1. The summed E-state index contributed by atoms with van der Waals surface area (Å²) in [6, 6.07) is 4.93. The van der Waals surface area contributed by atoms with E-state index in [1.165, 1.54) is 12.1 Å². The Morgan fingerprint density at radius 2 is 1.68 bits per heavy atom. The standard InChI is InChI=1S/C13H14F3NO2/c14-13(15,16)11(18)9-3-5-10(6-4-9)12(19)17-7-1-2-8-17/h3-6,11,18H,1-2,7-8H2. The van der Waals surface area contributed by atoms with E-state index in [4.69, 9.17) is 5.11 Å². The lowest BCUT2D eigenvalue weighted by Crippen LogP contribution is -2.27. The van der Waals surface area contributed by atoms with E-state index in [0.717, 1.165) is 25.0 Å². The molecule has 1 amide bonds. The van der Waals surface area contributed by atoms with Gasteiger partial charge >= 0.3 is 6.18 Å². The topological polar surface area (TPSA) is 40.5 Å². The van der Waals surface area contributed by atoms with Gasteiger partial charge in [-0.2, -0.15) is 13.2 Å². The summed E-state index contributed by atoms with van der Waals surface area (Å²) in [5.74, 6) is -0.175. The first-order chi connectivity index (χ1) is 8.89. The third kappa shape index (κ3) is 3.07. The summed E-state index contributed by atoms with van der Waals surface area (Å²) < 4.78 is 36.9. The number of halogens is 3. The molecule has 6 heteroatoms. The first-order valence-electron chi connectivity index (χ1n) is 6.03. The predicted octanol–water partition coefficient (Wildman–Crippen LogP) is 2.52. The zero-order valence-corrected chi connectivity index (χ0v) is 10.2. The smallest absolute Gasteiger partial charge is 0.379 e. The highest BCUT2D eigenvalue weighted by Gasteiger charge is 2.39. The quantitative estimate of drug-likeness (QED) is 0.899. The van der Waals surface area contributed by atoms with Gasteiger partial charge in [0.25, 0.3) is 5.91 Å². The highest BCUT2D eigenvalue weighted by Crippen LogP contribution is 2.32. The molecule has 104 valence electrons. The second kappa shape index (κ2) is 5.21. The Hall–Kier alpha value is -1.56. The molecule has 1 aliphatic rings. The molecule has 1 N–H and O–H groups in total. The van der Waals surface area contributed by atoms with Crippen molar-refractivity contribution in [3.63, 3.8) is 0 Å². The van der Waals surface area contributed by atoms with Gasteiger partial charge in [-0.3, -0.25) is 4.79 Å². The van der Waals surface area contributed by atoms with Gasteiger partial charge in [0, 0.05) is 18.7 Å². The molecule has 3 nitrogen and oxygen atoms in total. The number of likely N-dealkylation sites (tertiary alicyclic amines) is 1. The fourth-order valence-corrected chi connectivity index (χ4v) is 2.10. The van der Waals surface area contributed by atoms with E-state index < -0.39 is 12.3 Å². The highest BCUT2D eigenvalue weighted by atomic mass is 19.4. The van der Waals surface area contributed by atoms with Crippen molar-refractivity contribution < 1.29 is 23.1 Å². The molecule has 19 heavy (non-hydrogen) atoms. The van der Waals surface area contributed by atoms with Crippen molar-refractivity contribution in [2.45, 2.75) is 25.1 Å². The third-order valence-corrected chi connectivity index (χ3v) is 3.18. The predicted molar refractivity (Wildman–Crippen MR) is 62.6 cm³/mol. The molecule has 1 unspecified atom stereocenters. The van der Waals surface area contributed by atoms with E-state index >= 15 is 0 Å². The minimum absolute atomic E-state index is 0.175. The Labute approximate surface area is 108 Å². The lowest BCUT2D eigenvalue weighted by atomic mass is 10.1. The molecule has 1 aromatic carbocycles. The molecule has 0 aromatic heterocycles. The molecule has 0 radical (unpaired) electrons. The average Bonchev–Trinajstić information content (AvgIpc) is 2.90. The van der Waals surface area contributed by atoms with Gasteiger partial charge in [-0.25, -0.2) is 0 Å². The maximum absolute atomic E-state index is 12.3. The van der Waals surface area contributed by atoms with Crippen LogP contribution in [0.5, 0.6) is 0 Å². The van der Waals surface area contributed by atoms with Crippen LogP contribution in [0, 0.1) is 0 Å². The molecular formula is C13H14F3NO2. The van der Waals surface area contributed by atoms with Crippen LogP contribution in [-0.2, 0) is 0 Å². The Kier molecular flexibility index (Phi) is 3.80. The molecule has 1 atom stereocenters. The van der Waals surface area contributed by atoms with Gasteiger partial charge in [0.15, 0.2) is 6.10 Å². The van der Waals surface area contributed by atoms with E-state index in [-0.39, 0.29) is 11.5 Å². The number of hydrogen-bond acceptors (Lipinski definition) is 2. The summed E-state index contributed by atoms with van der Waals surface area (Å²) in [7, 11) is 0. The molecule has 1 heterocycles. The van der Waals surface area contributed by atoms with Gasteiger partial charge in [-0.15, -0.1) is 0 Å². The second-order valence-corrected chi connectivity index (χ2v) is 4.57.